The molecule has 0 spiro atoms. The first-order chi connectivity index (χ1) is 12.5. The Labute approximate surface area is 151 Å². The molecule has 1 unspecified atom stereocenters. The van der Waals surface area contributed by atoms with Gasteiger partial charge in [-0.15, -0.1) is 11.8 Å². The average Bonchev–Trinajstić information content (AvgIpc) is 3.30. The Balaban J connectivity index is 1.61. The van der Waals surface area contributed by atoms with Crippen LogP contribution < -0.4 is 5.32 Å². The SMILES string of the molecule is CC(CSc1ccc([N+](=O)[O-])c2nonc12)C(=O)OC(=O)[C@@H]1CCCN1. The number of thioether (sulfide) groups is 1. The van der Waals surface area contributed by atoms with E-state index in [0.29, 0.717) is 17.1 Å². The van der Waals surface area contributed by atoms with Crippen LogP contribution in [0, 0.1) is 16.0 Å². The van der Waals surface area contributed by atoms with Crippen molar-refractivity contribution in [3.63, 3.8) is 0 Å². The number of hydrogen-bond acceptors (Lipinski definition) is 10. The number of hydrogen-bond donors (Lipinski definition) is 1. The molecule has 0 bridgehead atoms. The number of non-ortho nitro benzene ring substituents is 1. The molecule has 3 rings (SSSR count). The summed E-state index contributed by atoms with van der Waals surface area (Å²) in [7, 11) is 0. The molecule has 1 aliphatic heterocycles. The van der Waals surface area contributed by atoms with Gasteiger partial charge in [0.05, 0.1) is 10.8 Å². The lowest BCUT2D eigenvalue weighted by Gasteiger charge is -2.12. The standard InChI is InChI=1S/C15H16N4O6S/c1-8(14(20)24-15(21)9-3-2-6-16-9)7-26-11-5-4-10(19(22)23)12-13(11)18-25-17-12/h4-5,8-9,16H,2-3,6-7H2,1H3/t8?,9-/m0/s1. The van der Waals surface area contributed by atoms with Gasteiger partial charge in [0, 0.05) is 16.7 Å². The molecule has 0 saturated carbocycles. The van der Waals surface area contributed by atoms with Crippen LogP contribution in [0.3, 0.4) is 0 Å². The van der Waals surface area contributed by atoms with Gasteiger partial charge in [-0.1, -0.05) is 6.92 Å². The van der Waals surface area contributed by atoms with Crippen LogP contribution in [0.15, 0.2) is 21.7 Å². The summed E-state index contributed by atoms with van der Waals surface area (Å²) in [5.41, 5.74) is 0.112. The average molecular weight is 380 g/mol. The number of fused-ring (bicyclic) bond motifs is 1. The summed E-state index contributed by atoms with van der Waals surface area (Å²) in [5, 5.41) is 21.2. The molecule has 1 saturated heterocycles. The molecule has 1 aliphatic rings. The van der Waals surface area contributed by atoms with Crippen LogP contribution in [0.2, 0.25) is 0 Å². The summed E-state index contributed by atoms with van der Waals surface area (Å²) in [6.45, 7) is 2.38. The van der Waals surface area contributed by atoms with E-state index in [-0.39, 0.29) is 16.7 Å². The summed E-state index contributed by atoms with van der Waals surface area (Å²) in [6, 6.07) is 2.42. The Bertz CT molecular complexity index is 848. The number of nitrogens with one attached hydrogen (secondary N) is 1. The Morgan fingerprint density at radius 3 is 2.92 bits per heavy atom. The first-order valence-corrected chi connectivity index (χ1v) is 8.97. The highest BCUT2D eigenvalue weighted by molar-refractivity contribution is 7.99. The van der Waals surface area contributed by atoms with Crippen LogP contribution in [0.4, 0.5) is 5.69 Å². The Hall–Kier alpha value is -2.53. The van der Waals surface area contributed by atoms with Crippen molar-refractivity contribution in [3.8, 4) is 0 Å². The number of esters is 2. The number of nitrogens with zero attached hydrogens (tertiary/aromatic N) is 3. The monoisotopic (exact) mass is 380 g/mol. The molecule has 11 heteroatoms. The first-order valence-electron chi connectivity index (χ1n) is 7.98. The topological polar surface area (TPSA) is 137 Å². The Kier molecular flexibility index (Phi) is 5.47. The lowest BCUT2D eigenvalue weighted by molar-refractivity contribution is -0.383. The lowest BCUT2D eigenvalue weighted by Crippen LogP contribution is -2.35. The van der Waals surface area contributed by atoms with E-state index in [4.69, 9.17) is 4.74 Å². The van der Waals surface area contributed by atoms with Crippen LogP contribution >= 0.6 is 11.8 Å². The summed E-state index contributed by atoms with van der Waals surface area (Å²) >= 11 is 1.26. The molecular formula is C15H16N4O6S. The summed E-state index contributed by atoms with van der Waals surface area (Å²) < 4.78 is 9.52. The molecule has 1 aromatic heterocycles. The number of carbonyl (C=O) groups excluding carboxylic acids is 2. The molecule has 0 radical (unpaired) electrons. The predicted octanol–water partition coefficient (Wildman–Crippen LogP) is 1.68. The van der Waals surface area contributed by atoms with Crippen molar-refractivity contribution in [2.45, 2.75) is 30.7 Å². The molecule has 2 aromatic rings. The second-order valence-electron chi connectivity index (χ2n) is 5.90. The molecule has 2 heterocycles. The van der Waals surface area contributed by atoms with E-state index in [2.05, 4.69) is 20.3 Å². The molecular weight excluding hydrogens is 364 g/mol. The fraction of sp³-hybridized carbons (Fsp3) is 0.467. The van der Waals surface area contributed by atoms with Crippen LogP contribution in [0.1, 0.15) is 19.8 Å². The van der Waals surface area contributed by atoms with Gasteiger partial charge in [0.2, 0.25) is 5.52 Å². The van der Waals surface area contributed by atoms with E-state index in [9.17, 15) is 19.7 Å². The Morgan fingerprint density at radius 2 is 2.23 bits per heavy atom. The highest BCUT2D eigenvalue weighted by atomic mass is 32.2. The number of rotatable bonds is 6. The van der Waals surface area contributed by atoms with Crippen molar-refractivity contribution in [1.82, 2.24) is 15.6 Å². The highest BCUT2D eigenvalue weighted by Crippen LogP contribution is 2.32. The van der Waals surface area contributed by atoms with Crippen molar-refractivity contribution in [3.05, 3.63) is 22.2 Å². The molecule has 0 aliphatic carbocycles. The highest BCUT2D eigenvalue weighted by Gasteiger charge is 2.28. The zero-order valence-electron chi connectivity index (χ0n) is 13.8. The molecule has 1 N–H and O–H groups in total. The normalized spacial score (nSPS) is 18.0. The summed E-state index contributed by atoms with van der Waals surface area (Å²) in [5.74, 6) is -1.39. The summed E-state index contributed by atoms with van der Waals surface area (Å²) in [6.07, 6.45) is 1.54. The number of nitro groups is 1. The zero-order valence-corrected chi connectivity index (χ0v) is 14.7. The fourth-order valence-electron chi connectivity index (χ4n) is 2.53. The van der Waals surface area contributed by atoms with Crippen LogP contribution in [-0.4, -0.2) is 45.5 Å². The zero-order chi connectivity index (χ0) is 18.7. The van der Waals surface area contributed by atoms with Crippen LogP contribution in [0.25, 0.3) is 11.0 Å². The van der Waals surface area contributed by atoms with Crippen molar-refractivity contribution in [2.75, 3.05) is 12.3 Å². The quantitative estimate of drug-likeness (QED) is 0.259. The van der Waals surface area contributed by atoms with E-state index in [0.717, 1.165) is 13.0 Å². The minimum Gasteiger partial charge on any atom is -0.392 e. The van der Waals surface area contributed by atoms with Gasteiger partial charge >= 0.3 is 17.6 Å². The fourth-order valence-corrected chi connectivity index (χ4v) is 3.53. The third-order valence-corrected chi connectivity index (χ3v) is 5.30. The van der Waals surface area contributed by atoms with Gasteiger partial charge in [-0.05, 0) is 35.8 Å². The second kappa shape index (κ2) is 7.79. The maximum atomic E-state index is 12.1. The van der Waals surface area contributed by atoms with Crippen molar-refractivity contribution < 1.29 is 23.9 Å². The molecule has 0 amide bonds. The molecule has 138 valence electrons. The molecule has 1 fully saturated rings. The molecule has 1 aromatic carbocycles. The van der Waals surface area contributed by atoms with E-state index < -0.39 is 28.8 Å². The van der Waals surface area contributed by atoms with Gasteiger partial charge < -0.3 is 10.1 Å². The lowest BCUT2D eigenvalue weighted by atomic mass is 10.2. The van der Waals surface area contributed by atoms with Crippen LogP contribution in [0.5, 0.6) is 0 Å². The molecule has 10 nitrogen and oxygen atoms in total. The summed E-state index contributed by atoms with van der Waals surface area (Å²) in [4.78, 5) is 34.9. The van der Waals surface area contributed by atoms with Gasteiger partial charge in [-0.2, -0.15) is 0 Å². The Morgan fingerprint density at radius 1 is 1.46 bits per heavy atom. The number of aromatic nitrogens is 2. The van der Waals surface area contributed by atoms with E-state index in [1.165, 1.54) is 23.9 Å². The van der Waals surface area contributed by atoms with Gasteiger partial charge in [-0.3, -0.25) is 14.9 Å². The second-order valence-corrected chi connectivity index (χ2v) is 6.96. The number of carbonyl (C=O) groups is 2. The largest absolute Gasteiger partial charge is 0.392 e. The van der Waals surface area contributed by atoms with Gasteiger partial charge in [0.15, 0.2) is 5.52 Å². The minimum absolute atomic E-state index is 0.0534. The predicted molar refractivity (Wildman–Crippen MR) is 90.5 cm³/mol. The third-order valence-electron chi connectivity index (χ3n) is 3.99. The molecule has 26 heavy (non-hydrogen) atoms. The maximum Gasteiger partial charge on any atom is 0.330 e. The number of benzene rings is 1. The van der Waals surface area contributed by atoms with Crippen molar-refractivity contribution >= 4 is 40.4 Å². The smallest absolute Gasteiger partial charge is 0.330 e. The van der Waals surface area contributed by atoms with E-state index in [1.54, 1.807) is 6.92 Å². The van der Waals surface area contributed by atoms with Crippen molar-refractivity contribution in [1.29, 1.82) is 0 Å². The number of nitro benzene ring substituents is 1. The van der Waals surface area contributed by atoms with Gasteiger partial charge in [0.25, 0.3) is 0 Å². The van der Waals surface area contributed by atoms with E-state index in [1.807, 2.05) is 0 Å². The first kappa shape index (κ1) is 18.3. The third kappa shape index (κ3) is 3.83. The van der Waals surface area contributed by atoms with Crippen molar-refractivity contribution in [2.24, 2.45) is 5.92 Å². The van der Waals surface area contributed by atoms with Gasteiger partial charge in [-0.25, -0.2) is 9.42 Å². The van der Waals surface area contributed by atoms with E-state index >= 15 is 0 Å². The van der Waals surface area contributed by atoms with Gasteiger partial charge in [0.1, 0.15) is 6.04 Å². The number of ether oxygens (including phenoxy) is 1. The van der Waals surface area contributed by atoms with Crippen LogP contribution in [-0.2, 0) is 14.3 Å². The maximum absolute atomic E-state index is 12.1. The minimum atomic E-state index is -0.604. The molecule has 2 atom stereocenters.